The molecule has 3 aromatic rings. The molecule has 15 heavy (non-hydrogen) atoms. The van der Waals surface area contributed by atoms with Gasteiger partial charge < -0.3 is 0 Å². The van der Waals surface area contributed by atoms with Gasteiger partial charge in [0.2, 0.25) is 0 Å². The van der Waals surface area contributed by atoms with Crippen molar-refractivity contribution in [2.75, 3.05) is 0 Å². The van der Waals surface area contributed by atoms with Crippen molar-refractivity contribution >= 4 is 22.1 Å². The van der Waals surface area contributed by atoms with Gasteiger partial charge in [-0.05, 0) is 24.3 Å². The molecular formula is C12H8N2Pt+2. The van der Waals surface area contributed by atoms with E-state index in [4.69, 9.17) is 0 Å². The minimum absolute atomic E-state index is 0. The average Bonchev–Trinajstić information content (AvgIpc) is 2.26. The first-order chi connectivity index (χ1) is 6.93. The molecule has 0 amide bonds. The number of nitrogens with zero attached hydrogens (tertiary/aromatic N) is 2. The fourth-order valence-electron chi connectivity index (χ4n) is 1.57. The summed E-state index contributed by atoms with van der Waals surface area (Å²) < 4.78 is 0. The Kier molecular flexibility index (Phi) is 2.79. The number of para-hydroxylation sites is 4. The van der Waals surface area contributed by atoms with Gasteiger partial charge >= 0.3 is 21.1 Å². The van der Waals surface area contributed by atoms with E-state index in [1.54, 1.807) is 0 Å². The minimum Gasteiger partial charge on any atom is -0.245 e. The van der Waals surface area contributed by atoms with E-state index in [2.05, 4.69) is 9.97 Å². The van der Waals surface area contributed by atoms with Gasteiger partial charge in [-0.25, -0.2) is 9.97 Å². The van der Waals surface area contributed by atoms with E-state index in [0.717, 1.165) is 22.1 Å². The van der Waals surface area contributed by atoms with E-state index in [1.165, 1.54) is 0 Å². The fourth-order valence-corrected chi connectivity index (χ4v) is 1.57. The Labute approximate surface area is 102 Å². The van der Waals surface area contributed by atoms with Crippen LogP contribution >= 0.6 is 0 Å². The normalized spacial score (nSPS) is 10.1. The number of fused-ring (bicyclic) bond motifs is 2. The zero-order valence-electron chi connectivity index (χ0n) is 7.83. The quantitative estimate of drug-likeness (QED) is 0.565. The molecule has 0 saturated heterocycles. The first-order valence-corrected chi connectivity index (χ1v) is 4.55. The standard InChI is InChI=1S/C12H8N2.Pt/c1-2-6-10-9(5-1)13-11-7-3-4-8-12(11)14-10;/h1-8H;/q;+2. The Morgan fingerprint density at radius 2 is 0.800 bits per heavy atom. The van der Waals surface area contributed by atoms with Crippen LogP contribution in [-0.2, 0) is 21.1 Å². The molecule has 0 N–H and O–H groups in total. The van der Waals surface area contributed by atoms with Gasteiger partial charge in [0.1, 0.15) is 0 Å². The molecule has 74 valence electrons. The van der Waals surface area contributed by atoms with Crippen LogP contribution in [0.4, 0.5) is 0 Å². The van der Waals surface area contributed by atoms with E-state index in [0.29, 0.717) is 0 Å². The molecule has 0 fully saturated rings. The van der Waals surface area contributed by atoms with E-state index >= 15 is 0 Å². The van der Waals surface area contributed by atoms with Crippen LogP contribution in [0.15, 0.2) is 48.5 Å². The second-order valence-electron chi connectivity index (χ2n) is 3.20. The summed E-state index contributed by atoms with van der Waals surface area (Å²) in [5, 5.41) is 0. The maximum Gasteiger partial charge on any atom is 2.00 e. The van der Waals surface area contributed by atoms with Crippen LogP contribution in [0.5, 0.6) is 0 Å². The molecule has 0 radical (unpaired) electrons. The van der Waals surface area contributed by atoms with Crippen molar-refractivity contribution in [3.63, 3.8) is 0 Å². The van der Waals surface area contributed by atoms with Crippen LogP contribution in [0.25, 0.3) is 22.1 Å². The molecule has 2 nitrogen and oxygen atoms in total. The molecule has 0 aliphatic carbocycles. The van der Waals surface area contributed by atoms with E-state index in [-0.39, 0.29) is 21.1 Å². The summed E-state index contributed by atoms with van der Waals surface area (Å²) in [6, 6.07) is 15.8. The second-order valence-corrected chi connectivity index (χ2v) is 3.20. The summed E-state index contributed by atoms with van der Waals surface area (Å²) in [6.45, 7) is 0. The van der Waals surface area contributed by atoms with E-state index < -0.39 is 0 Å². The van der Waals surface area contributed by atoms with Crippen LogP contribution in [0.3, 0.4) is 0 Å². The Bertz CT molecular complexity index is 502. The van der Waals surface area contributed by atoms with E-state index in [1.807, 2.05) is 48.5 Å². The van der Waals surface area contributed by atoms with Crippen LogP contribution in [-0.4, -0.2) is 9.97 Å². The third kappa shape index (κ3) is 1.78. The van der Waals surface area contributed by atoms with Gasteiger partial charge in [0, 0.05) is 0 Å². The van der Waals surface area contributed by atoms with Crippen molar-refractivity contribution < 1.29 is 21.1 Å². The zero-order chi connectivity index (χ0) is 9.38. The van der Waals surface area contributed by atoms with Crippen LogP contribution in [0.2, 0.25) is 0 Å². The summed E-state index contributed by atoms with van der Waals surface area (Å²) in [5.41, 5.74) is 3.80. The second kappa shape index (κ2) is 4.07. The molecule has 3 rings (SSSR count). The van der Waals surface area contributed by atoms with Gasteiger partial charge in [-0.1, -0.05) is 24.3 Å². The average molecular weight is 375 g/mol. The molecule has 0 atom stereocenters. The van der Waals surface area contributed by atoms with Crippen molar-refractivity contribution in [2.45, 2.75) is 0 Å². The maximum absolute atomic E-state index is 4.52. The molecule has 1 heterocycles. The largest absolute Gasteiger partial charge is 2.00 e. The Morgan fingerprint density at radius 3 is 1.07 bits per heavy atom. The Morgan fingerprint density at radius 1 is 0.533 bits per heavy atom. The molecule has 0 aliphatic heterocycles. The van der Waals surface area contributed by atoms with Gasteiger partial charge in [0.05, 0.1) is 22.1 Å². The third-order valence-corrected chi connectivity index (χ3v) is 2.25. The Balaban J connectivity index is 0.000000853. The molecule has 2 aromatic carbocycles. The SMILES string of the molecule is [Pt+2].c1ccc2nc3ccccc3nc2c1. The molecule has 3 heteroatoms. The van der Waals surface area contributed by atoms with Crippen molar-refractivity contribution in [3.8, 4) is 0 Å². The molecule has 0 aliphatic rings. The topological polar surface area (TPSA) is 25.8 Å². The van der Waals surface area contributed by atoms with Gasteiger partial charge in [-0.3, -0.25) is 0 Å². The maximum atomic E-state index is 4.52. The first kappa shape index (κ1) is 10.3. The molecule has 0 saturated carbocycles. The zero-order valence-corrected chi connectivity index (χ0v) is 10.1. The van der Waals surface area contributed by atoms with Crippen molar-refractivity contribution in [2.24, 2.45) is 0 Å². The predicted molar refractivity (Wildman–Crippen MR) is 57.0 cm³/mol. The summed E-state index contributed by atoms with van der Waals surface area (Å²) in [4.78, 5) is 9.03. The monoisotopic (exact) mass is 375 g/mol. The summed E-state index contributed by atoms with van der Waals surface area (Å²) in [7, 11) is 0. The van der Waals surface area contributed by atoms with E-state index in [9.17, 15) is 0 Å². The van der Waals surface area contributed by atoms with Crippen LogP contribution in [0.1, 0.15) is 0 Å². The summed E-state index contributed by atoms with van der Waals surface area (Å²) >= 11 is 0. The Hall–Kier alpha value is -1.27. The van der Waals surface area contributed by atoms with Gasteiger partial charge in [-0.15, -0.1) is 0 Å². The third-order valence-electron chi connectivity index (χ3n) is 2.25. The first-order valence-electron chi connectivity index (χ1n) is 4.55. The number of benzene rings is 2. The van der Waals surface area contributed by atoms with Crippen molar-refractivity contribution in [1.82, 2.24) is 9.97 Å². The van der Waals surface area contributed by atoms with Gasteiger partial charge in [0.15, 0.2) is 0 Å². The molecular weight excluding hydrogens is 367 g/mol. The predicted octanol–water partition coefficient (Wildman–Crippen LogP) is 2.78. The van der Waals surface area contributed by atoms with Gasteiger partial charge in [-0.2, -0.15) is 0 Å². The summed E-state index contributed by atoms with van der Waals surface area (Å²) in [6.07, 6.45) is 0. The summed E-state index contributed by atoms with van der Waals surface area (Å²) in [5.74, 6) is 0. The smallest absolute Gasteiger partial charge is 0.245 e. The van der Waals surface area contributed by atoms with Crippen molar-refractivity contribution in [1.29, 1.82) is 0 Å². The van der Waals surface area contributed by atoms with Crippen LogP contribution in [0, 0.1) is 0 Å². The van der Waals surface area contributed by atoms with Crippen molar-refractivity contribution in [3.05, 3.63) is 48.5 Å². The molecule has 0 bridgehead atoms. The number of aromatic nitrogens is 2. The van der Waals surface area contributed by atoms with Crippen LogP contribution < -0.4 is 0 Å². The molecule has 1 aromatic heterocycles. The number of rotatable bonds is 0. The molecule has 0 unspecified atom stereocenters. The fraction of sp³-hybridized carbons (Fsp3) is 0. The molecule has 0 spiro atoms. The number of hydrogen-bond donors (Lipinski definition) is 0. The van der Waals surface area contributed by atoms with Gasteiger partial charge in [0.25, 0.3) is 0 Å². The number of hydrogen-bond acceptors (Lipinski definition) is 2. The minimum atomic E-state index is 0.